The fourth-order valence-electron chi connectivity index (χ4n) is 1.52. The van der Waals surface area contributed by atoms with Gasteiger partial charge in [0.25, 0.3) is 0 Å². The normalized spacial score (nSPS) is 12.5. The Morgan fingerprint density at radius 1 is 1.33 bits per heavy atom. The first-order valence-electron chi connectivity index (χ1n) is 5.50. The van der Waals surface area contributed by atoms with E-state index in [4.69, 9.17) is 5.73 Å². The molecular weight excluding hydrogens is 188 g/mol. The molecule has 0 aliphatic carbocycles. The van der Waals surface area contributed by atoms with Crippen molar-refractivity contribution in [3.63, 3.8) is 0 Å². The fourth-order valence-corrected chi connectivity index (χ4v) is 1.52. The third-order valence-electron chi connectivity index (χ3n) is 2.66. The Morgan fingerprint density at radius 3 is 2.47 bits per heavy atom. The highest BCUT2D eigenvalue weighted by molar-refractivity contribution is 5.36. The zero-order chi connectivity index (χ0) is 11.3. The van der Waals surface area contributed by atoms with Gasteiger partial charge < -0.3 is 10.6 Å². The average Bonchev–Trinajstić information content (AvgIpc) is 2.30. The number of nitrogens with two attached hydrogens (primary N) is 1. The topological polar surface area (TPSA) is 55.0 Å². The van der Waals surface area contributed by atoms with Crippen molar-refractivity contribution in [3.05, 3.63) is 18.1 Å². The predicted molar refractivity (Wildman–Crippen MR) is 62.7 cm³/mol. The summed E-state index contributed by atoms with van der Waals surface area (Å²) in [4.78, 5) is 10.9. The van der Waals surface area contributed by atoms with Crippen LogP contribution in [0.1, 0.15) is 32.9 Å². The molecule has 1 rings (SSSR count). The molecule has 4 heteroatoms. The van der Waals surface area contributed by atoms with Crippen LogP contribution < -0.4 is 10.6 Å². The number of nitrogens with zero attached hydrogens (tertiary/aromatic N) is 3. The Morgan fingerprint density at radius 2 is 2.07 bits per heavy atom. The average molecular weight is 208 g/mol. The summed E-state index contributed by atoms with van der Waals surface area (Å²) < 4.78 is 0. The molecule has 0 bridgehead atoms. The summed E-state index contributed by atoms with van der Waals surface area (Å²) in [5.74, 6) is 0.934. The van der Waals surface area contributed by atoms with Crippen LogP contribution >= 0.6 is 0 Å². The molecule has 15 heavy (non-hydrogen) atoms. The Balaban J connectivity index is 2.83. The van der Waals surface area contributed by atoms with E-state index in [0.29, 0.717) is 12.6 Å². The molecule has 0 radical (unpaired) electrons. The van der Waals surface area contributed by atoms with E-state index in [1.54, 1.807) is 12.4 Å². The molecule has 1 atom stereocenters. The van der Waals surface area contributed by atoms with Crippen LogP contribution in [0.5, 0.6) is 0 Å². The molecular formula is C11H20N4. The number of anilines is 1. The van der Waals surface area contributed by atoms with E-state index in [2.05, 4.69) is 35.6 Å². The van der Waals surface area contributed by atoms with E-state index in [1.165, 1.54) is 0 Å². The van der Waals surface area contributed by atoms with Gasteiger partial charge in [-0.25, -0.2) is 4.98 Å². The van der Waals surface area contributed by atoms with Gasteiger partial charge >= 0.3 is 0 Å². The van der Waals surface area contributed by atoms with Crippen molar-refractivity contribution >= 4 is 5.82 Å². The number of rotatable bonds is 5. The van der Waals surface area contributed by atoms with Gasteiger partial charge in [0.2, 0.25) is 0 Å². The van der Waals surface area contributed by atoms with Crippen LogP contribution in [0, 0.1) is 0 Å². The molecule has 0 amide bonds. The van der Waals surface area contributed by atoms with Gasteiger partial charge in [-0.3, -0.25) is 4.98 Å². The lowest BCUT2D eigenvalue weighted by Gasteiger charge is -2.27. The maximum Gasteiger partial charge on any atom is 0.147 e. The van der Waals surface area contributed by atoms with Gasteiger partial charge in [-0.05, 0) is 20.3 Å². The van der Waals surface area contributed by atoms with Gasteiger partial charge in [0.15, 0.2) is 0 Å². The molecule has 0 aliphatic heterocycles. The summed E-state index contributed by atoms with van der Waals surface area (Å²) in [6, 6.07) is 0.494. The van der Waals surface area contributed by atoms with E-state index in [0.717, 1.165) is 24.5 Å². The van der Waals surface area contributed by atoms with Crippen LogP contribution in [0.2, 0.25) is 0 Å². The summed E-state index contributed by atoms with van der Waals surface area (Å²) in [6.07, 6.45) is 4.66. The lowest BCUT2D eigenvalue weighted by Crippen LogP contribution is -2.33. The molecule has 2 N–H and O–H groups in total. The van der Waals surface area contributed by atoms with Gasteiger partial charge in [-0.15, -0.1) is 0 Å². The first-order valence-corrected chi connectivity index (χ1v) is 5.50. The van der Waals surface area contributed by atoms with Gasteiger partial charge in [0.05, 0.1) is 18.1 Å². The van der Waals surface area contributed by atoms with E-state index < -0.39 is 0 Å². The van der Waals surface area contributed by atoms with Crippen molar-refractivity contribution in [3.8, 4) is 0 Å². The zero-order valence-corrected chi connectivity index (χ0v) is 9.77. The van der Waals surface area contributed by atoms with E-state index in [-0.39, 0.29) is 0 Å². The van der Waals surface area contributed by atoms with Gasteiger partial charge in [0.1, 0.15) is 5.82 Å². The molecule has 84 valence electrons. The van der Waals surface area contributed by atoms with Crippen molar-refractivity contribution in [1.29, 1.82) is 0 Å². The number of aromatic nitrogens is 2. The third-order valence-corrected chi connectivity index (χ3v) is 2.66. The first-order chi connectivity index (χ1) is 7.22. The SMILES string of the molecule is CCC(C)N(CC)c1cnc(CN)cn1. The van der Waals surface area contributed by atoms with Crippen LogP contribution in [0.3, 0.4) is 0 Å². The molecule has 0 saturated carbocycles. The van der Waals surface area contributed by atoms with Crippen molar-refractivity contribution in [2.24, 2.45) is 5.73 Å². The largest absolute Gasteiger partial charge is 0.353 e. The molecule has 0 saturated heterocycles. The predicted octanol–water partition coefficient (Wildman–Crippen LogP) is 1.56. The van der Waals surface area contributed by atoms with Crippen LogP contribution in [0.25, 0.3) is 0 Å². The third kappa shape index (κ3) is 2.89. The molecule has 1 aromatic rings. The van der Waals surface area contributed by atoms with Crippen molar-refractivity contribution in [1.82, 2.24) is 9.97 Å². The summed E-state index contributed by atoms with van der Waals surface area (Å²) in [7, 11) is 0. The lowest BCUT2D eigenvalue weighted by atomic mass is 10.2. The maximum atomic E-state index is 5.48. The number of hydrogen-bond donors (Lipinski definition) is 1. The molecule has 1 aromatic heterocycles. The highest BCUT2D eigenvalue weighted by Gasteiger charge is 2.12. The highest BCUT2D eigenvalue weighted by Crippen LogP contribution is 2.14. The van der Waals surface area contributed by atoms with Crippen molar-refractivity contribution in [2.75, 3.05) is 11.4 Å². The fraction of sp³-hybridized carbons (Fsp3) is 0.636. The lowest BCUT2D eigenvalue weighted by molar-refractivity contribution is 0.621. The molecule has 0 spiro atoms. The smallest absolute Gasteiger partial charge is 0.147 e. The minimum atomic E-state index is 0.447. The van der Waals surface area contributed by atoms with Gasteiger partial charge in [0, 0.05) is 19.1 Å². The van der Waals surface area contributed by atoms with Crippen molar-refractivity contribution in [2.45, 2.75) is 39.8 Å². The molecule has 1 heterocycles. The van der Waals surface area contributed by atoms with Crippen LogP contribution in [0.4, 0.5) is 5.82 Å². The number of hydrogen-bond acceptors (Lipinski definition) is 4. The highest BCUT2D eigenvalue weighted by atomic mass is 15.2. The van der Waals surface area contributed by atoms with Gasteiger partial charge in [-0.1, -0.05) is 6.92 Å². The Hall–Kier alpha value is -1.16. The molecule has 0 fully saturated rings. The van der Waals surface area contributed by atoms with E-state index in [9.17, 15) is 0 Å². The van der Waals surface area contributed by atoms with Crippen LogP contribution in [-0.2, 0) is 6.54 Å². The van der Waals surface area contributed by atoms with Crippen LogP contribution in [-0.4, -0.2) is 22.6 Å². The first kappa shape index (κ1) is 11.9. The van der Waals surface area contributed by atoms with Crippen LogP contribution in [0.15, 0.2) is 12.4 Å². The minimum absolute atomic E-state index is 0.447. The maximum absolute atomic E-state index is 5.48. The zero-order valence-electron chi connectivity index (χ0n) is 9.77. The Kier molecular flexibility index (Phi) is 4.49. The second-order valence-electron chi connectivity index (χ2n) is 3.61. The molecule has 0 aromatic carbocycles. The molecule has 4 nitrogen and oxygen atoms in total. The summed E-state index contributed by atoms with van der Waals surface area (Å²) in [5.41, 5.74) is 6.31. The van der Waals surface area contributed by atoms with E-state index >= 15 is 0 Å². The standard InChI is InChI=1S/C11H20N4/c1-4-9(3)15(5-2)11-8-13-10(6-12)7-14-11/h7-9H,4-6,12H2,1-3H3. The Labute approximate surface area is 91.5 Å². The summed E-state index contributed by atoms with van der Waals surface area (Å²) >= 11 is 0. The molecule has 0 aliphatic rings. The summed E-state index contributed by atoms with van der Waals surface area (Å²) in [6.45, 7) is 7.90. The van der Waals surface area contributed by atoms with Gasteiger partial charge in [-0.2, -0.15) is 0 Å². The quantitative estimate of drug-likeness (QED) is 0.798. The minimum Gasteiger partial charge on any atom is -0.353 e. The van der Waals surface area contributed by atoms with Crippen molar-refractivity contribution < 1.29 is 0 Å². The monoisotopic (exact) mass is 208 g/mol. The second-order valence-corrected chi connectivity index (χ2v) is 3.61. The summed E-state index contributed by atoms with van der Waals surface area (Å²) in [5, 5.41) is 0. The Bertz CT molecular complexity index is 283. The second kappa shape index (κ2) is 5.66. The molecule has 1 unspecified atom stereocenters. The van der Waals surface area contributed by atoms with E-state index in [1.807, 2.05) is 0 Å².